The van der Waals surface area contributed by atoms with E-state index in [-0.39, 0.29) is 0 Å². The third-order valence-electron chi connectivity index (χ3n) is 4.34. The Morgan fingerprint density at radius 3 is 2.33 bits per heavy atom. The Balaban J connectivity index is 0.000000222. The molecule has 0 saturated carbocycles. The second-order valence-corrected chi connectivity index (χ2v) is 8.68. The van der Waals surface area contributed by atoms with E-state index in [0.717, 1.165) is 6.42 Å². The Kier molecular flexibility index (Phi) is 7.49. The van der Waals surface area contributed by atoms with Gasteiger partial charge in [-0.3, -0.25) is 6.08 Å². The molecule has 0 atom stereocenters. The topological polar surface area (TPSA) is 4.93 Å². The molecule has 4 heteroatoms. The van der Waals surface area contributed by atoms with Gasteiger partial charge in [-0.1, -0.05) is 24.3 Å². The average Bonchev–Trinajstić information content (AvgIpc) is 3.42. The number of benzene rings is 2. The monoisotopic (exact) mass is 427 g/mol. The van der Waals surface area contributed by atoms with Crippen LogP contribution in [0.1, 0.15) is 12.1 Å². The van der Waals surface area contributed by atoms with E-state index in [0.29, 0.717) is 0 Å². The van der Waals surface area contributed by atoms with Crippen molar-refractivity contribution in [1.29, 1.82) is 0 Å². The summed E-state index contributed by atoms with van der Waals surface area (Å²) in [6.07, 6.45) is 10.0. The van der Waals surface area contributed by atoms with Crippen molar-refractivity contribution in [2.75, 3.05) is 0 Å². The number of fused-ring (bicyclic) bond motifs is 2. The zero-order valence-electron chi connectivity index (χ0n) is 15.0. The first-order chi connectivity index (χ1) is 13.2. The van der Waals surface area contributed by atoms with Gasteiger partial charge in [-0.05, 0) is 24.7 Å². The Morgan fingerprint density at radius 2 is 1.70 bits per heavy atom. The molecule has 1 aromatic heterocycles. The van der Waals surface area contributed by atoms with Crippen LogP contribution in [0.25, 0.3) is 27.4 Å². The summed E-state index contributed by atoms with van der Waals surface area (Å²) in [4.78, 5) is 0. The maximum atomic E-state index is 4.89. The summed E-state index contributed by atoms with van der Waals surface area (Å²) in [5.74, 6) is 0. The molecule has 0 radical (unpaired) electrons. The number of allylic oxidation sites excluding steroid dienone is 4. The van der Waals surface area contributed by atoms with Crippen LogP contribution in [0, 0.1) is 13.0 Å². The zero-order chi connectivity index (χ0) is 19.1. The molecule has 1 nitrogen and oxygen atoms in total. The maximum absolute atomic E-state index is 4.89. The molecule has 0 fully saturated rings. The van der Waals surface area contributed by atoms with E-state index >= 15 is 0 Å². The Morgan fingerprint density at radius 1 is 1.00 bits per heavy atom. The fourth-order valence-corrected chi connectivity index (χ4v) is 3.24. The summed E-state index contributed by atoms with van der Waals surface area (Å²) in [5.41, 5.74) is 3.80. The van der Waals surface area contributed by atoms with Crippen molar-refractivity contribution in [2.24, 2.45) is 0 Å². The number of para-hydroxylation sites is 1. The van der Waals surface area contributed by atoms with Crippen molar-refractivity contribution < 1.29 is 17.0 Å². The molecule has 5 rings (SSSR count). The van der Waals surface area contributed by atoms with Crippen LogP contribution in [0.3, 0.4) is 0 Å². The minimum atomic E-state index is -0.556. The van der Waals surface area contributed by atoms with Gasteiger partial charge in [0.15, 0.2) is 0 Å². The molecular formula is C23H19Cl2NTi-2. The van der Waals surface area contributed by atoms with Gasteiger partial charge in [-0.25, -0.2) is 12.2 Å². The molecule has 1 heterocycles. The van der Waals surface area contributed by atoms with Crippen molar-refractivity contribution in [3.05, 3.63) is 96.7 Å². The van der Waals surface area contributed by atoms with Crippen molar-refractivity contribution in [1.82, 2.24) is 4.57 Å². The standard InChI is InChI=1S/C18H14N.C5H5.2ClH.Ti/c1-13-10-16-8-4-5-9-18(16)19(13)17-11-14-6-2-3-7-15(14)12-17;1-2-4-5-3-1;;;/h2-12H,1H3;1-3H,4H2;2*1H;/q2*-1;;;+2/p-2. The minimum absolute atomic E-state index is 0.556. The second-order valence-electron chi connectivity index (χ2n) is 6.10. The van der Waals surface area contributed by atoms with Crippen molar-refractivity contribution >= 4 is 40.3 Å². The van der Waals surface area contributed by atoms with Crippen LogP contribution in [0.15, 0.2) is 85.0 Å². The van der Waals surface area contributed by atoms with Gasteiger partial charge in [0.05, 0.1) is 5.52 Å². The zero-order valence-corrected chi connectivity index (χ0v) is 18.1. The molecule has 136 valence electrons. The predicted octanol–water partition coefficient (Wildman–Crippen LogP) is 7.49. The third kappa shape index (κ3) is 5.00. The molecule has 4 aromatic rings. The van der Waals surface area contributed by atoms with E-state index in [4.69, 9.17) is 18.6 Å². The van der Waals surface area contributed by atoms with Gasteiger partial charge in [0.25, 0.3) is 0 Å². The van der Waals surface area contributed by atoms with Crippen molar-refractivity contribution in [2.45, 2.75) is 13.3 Å². The van der Waals surface area contributed by atoms with Crippen LogP contribution < -0.4 is 0 Å². The van der Waals surface area contributed by atoms with Crippen LogP contribution >= 0.6 is 18.6 Å². The molecule has 1 aliphatic carbocycles. The Hall–Kier alpha value is -1.64. The van der Waals surface area contributed by atoms with Gasteiger partial charge in [0.1, 0.15) is 0 Å². The van der Waals surface area contributed by atoms with Gasteiger partial charge in [0, 0.05) is 11.1 Å². The average molecular weight is 428 g/mol. The first-order valence-corrected chi connectivity index (χ1v) is 12.9. The van der Waals surface area contributed by atoms with Crippen molar-refractivity contribution in [3.8, 4) is 5.69 Å². The quantitative estimate of drug-likeness (QED) is 0.219. The molecule has 27 heavy (non-hydrogen) atoms. The van der Waals surface area contributed by atoms with Crippen LogP contribution in [-0.4, -0.2) is 4.57 Å². The molecule has 0 saturated heterocycles. The third-order valence-corrected chi connectivity index (χ3v) is 4.34. The molecule has 0 spiro atoms. The fourth-order valence-electron chi connectivity index (χ4n) is 3.24. The molecule has 0 aliphatic heterocycles. The normalized spacial score (nSPS) is 11.8. The van der Waals surface area contributed by atoms with E-state index in [9.17, 15) is 0 Å². The Bertz CT molecular complexity index is 1030. The van der Waals surface area contributed by atoms with E-state index in [2.05, 4.69) is 90.4 Å². The van der Waals surface area contributed by atoms with Gasteiger partial charge in [-0.2, -0.15) is 6.08 Å². The summed E-state index contributed by atoms with van der Waals surface area (Å²) in [7, 11) is 9.78. The molecule has 1 aliphatic rings. The number of hydrogen-bond acceptors (Lipinski definition) is 0. The number of aromatic nitrogens is 1. The Labute approximate surface area is 176 Å². The molecular weight excluding hydrogens is 409 g/mol. The van der Waals surface area contributed by atoms with E-state index < -0.39 is 17.0 Å². The van der Waals surface area contributed by atoms with Gasteiger partial charge < -0.3 is 4.57 Å². The number of halogens is 2. The summed E-state index contributed by atoms with van der Waals surface area (Å²) in [6, 6.07) is 23.8. The summed E-state index contributed by atoms with van der Waals surface area (Å²) in [5, 5.41) is 3.90. The number of rotatable bonds is 1. The van der Waals surface area contributed by atoms with Gasteiger partial charge in [-0.15, -0.1) is 47.5 Å². The number of nitrogens with zero attached hydrogens (tertiary/aromatic N) is 1. The molecule has 3 aromatic carbocycles. The predicted molar refractivity (Wildman–Crippen MR) is 114 cm³/mol. The van der Waals surface area contributed by atoms with E-state index in [1.165, 1.54) is 33.1 Å². The van der Waals surface area contributed by atoms with Gasteiger partial charge in [0.2, 0.25) is 0 Å². The van der Waals surface area contributed by atoms with Crippen LogP contribution in [0.4, 0.5) is 0 Å². The summed E-state index contributed by atoms with van der Waals surface area (Å²) in [6.45, 7) is 2.16. The summed E-state index contributed by atoms with van der Waals surface area (Å²) < 4.78 is 2.33. The second kappa shape index (κ2) is 10.1. The number of aryl methyl sites for hydroxylation is 1. The molecule has 0 N–H and O–H groups in total. The first-order valence-electron chi connectivity index (χ1n) is 8.65. The first kappa shape index (κ1) is 20.1. The van der Waals surface area contributed by atoms with E-state index in [1.54, 1.807) is 0 Å². The van der Waals surface area contributed by atoms with Crippen molar-refractivity contribution in [3.63, 3.8) is 0 Å². The summed E-state index contributed by atoms with van der Waals surface area (Å²) >= 11 is -0.556. The molecule has 0 unspecified atom stereocenters. The SMILES string of the molecule is Cc1cc2ccccc2n1-c1cc2ccccc2[cH-]1.[C-]1=CC=CC1.[Cl][Ti][Cl]. The van der Waals surface area contributed by atoms with Gasteiger partial charge >= 0.3 is 35.6 Å². The molecule has 0 bridgehead atoms. The van der Waals surface area contributed by atoms with Crippen LogP contribution in [0.5, 0.6) is 0 Å². The van der Waals surface area contributed by atoms with Crippen LogP contribution in [-0.2, 0) is 17.0 Å². The van der Waals surface area contributed by atoms with Crippen LogP contribution in [0.2, 0.25) is 0 Å². The molecule has 0 amide bonds. The fraction of sp³-hybridized carbons (Fsp3) is 0.0870. The van der Waals surface area contributed by atoms with E-state index in [1.807, 2.05) is 12.2 Å². The number of hydrogen-bond donors (Lipinski definition) is 0.